The van der Waals surface area contributed by atoms with Gasteiger partial charge >= 0.3 is 32.3 Å². The van der Waals surface area contributed by atoms with Crippen LogP contribution >= 0.6 is 0 Å². The number of piperazine rings is 1. The molecular weight excluding hydrogens is 767 g/mol. The number of guanidine groups is 1. The lowest BCUT2D eigenvalue weighted by molar-refractivity contribution is -0.933. The molecule has 0 bridgehead atoms. The number of oxime groups is 1. The fourth-order valence-electron chi connectivity index (χ4n) is 6.00. The van der Waals surface area contributed by atoms with Crippen LogP contribution in [0, 0.1) is 6.92 Å². The van der Waals surface area contributed by atoms with Gasteiger partial charge in [0.1, 0.15) is 58.7 Å². The number of nitrogens with zero attached hydrogens (tertiary/aromatic N) is 3. The van der Waals surface area contributed by atoms with E-state index in [0.717, 1.165) is 17.7 Å². The van der Waals surface area contributed by atoms with Gasteiger partial charge in [-0.2, -0.15) is 26.4 Å². The number of ether oxygens (including phenoxy) is 3. The predicted molar refractivity (Wildman–Crippen MR) is 207 cm³/mol. The second-order valence-corrected chi connectivity index (χ2v) is 19.1. The quantitative estimate of drug-likeness (QED) is 0.0572. The standard InChI is InChI=1S/C38H53N5O11S2/c1-28-24-30(50-22-13-23-51-41-34(39)40)26-31(25-28)54-56(48,49)33-17-12-11-16-32(33)55(46,47)43(36(45)53-38(5,6)7)20-18-42(19-21-43,35(44)52-37(2,3)4)27-29-14-9-8-10-15-29/h8-12,14-17,24-26H,13,18-23,27H2,1-7H3,(H4,39,40,41)/q+2. The SMILES string of the molecule is Cc1cc(OCCCON=C(N)N)cc(OS(=O)(=O)c2ccccc2S(=O)(=O)[N+]2(C(=O)OC(C)(C)C)CC[N+](Cc3ccccc3)(C(=O)OC(C)(C)C)CC2)c1. The largest absolute Gasteiger partial charge is 0.532 e. The number of benzene rings is 3. The third kappa shape index (κ3) is 10.9. The minimum absolute atomic E-state index is 0.140. The van der Waals surface area contributed by atoms with Crippen LogP contribution in [0.5, 0.6) is 11.5 Å². The molecule has 0 spiro atoms. The van der Waals surface area contributed by atoms with E-state index in [1.165, 1.54) is 24.3 Å². The van der Waals surface area contributed by atoms with Crippen LogP contribution in [0.15, 0.2) is 87.7 Å². The number of amides is 2. The summed E-state index contributed by atoms with van der Waals surface area (Å²) in [4.78, 5) is 31.8. The molecule has 0 atom stereocenters. The van der Waals surface area contributed by atoms with Crippen LogP contribution in [0.2, 0.25) is 0 Å². The van der Waals surface area contributed by atoms with Crippen LogP contribution in [0.3, 0.4) is 0 Å². The van der Waals surface area contributed by atoms with E-state index in [1.54, 1.807) is 54.5 Å². The molecule has 2 amide bonds. The van der Waals surface area contributed by atoms with E-state index in [9.17, 15) is 18.0 Å². The van der Waals surface area contributed by atoms with Gasteiger partial charge in [0.05, 0.1) is 6.61 Å². The van der Waals surface area contributed by atoms with Crippen molar-refractivity contribution in [1.82, 2.24) is 0 Å². The highest BCUT2D eigenvalue weighted by Gasteiger charge is 2.61. The van der Waals surface area contributed by atoms with E-state index in [4.69, 9.17) is 34.7 Å². The minimum atomic E-state index is -4.95. The zero-order valence-electron chi connectivity index (χ0n) is 32.9. The van der Waals surface area contributed by atoms with Crippen molar-refractivity contribution in [3.63, 3.8) is 0 Å². The first-order valence-corrected chi connectivity index (χ1v) is 20.8. The number of carbonyl (C=O) groups is 2. The van der Waals surface area contributed by atoms with Crippen LogP contribution in [0.4, 0.5) is 9.59 Å². The molecule has 1 saturated heterocycles. The summed E-state index contributed by atoms with van der Waals surface area (Å²) in [5, 5.41) is 3.43. The maximum Gasteiger partial charge on any atom is 0.532 e. The Kier molecular flexibility index (Phi) is 13.4. The van der Waals surface area contributed by atoms with Gasteiger partial charge in [0.15, 0.2) is 13.1 Å². The highest BCUT2D eigenvalue weighted by molar-refractivity contribution is 7.90. The third-order valence-electron chi connectivity index (χ3n) is 8.52. The summed E-state index contributed by atoms with van der Waals surface area (Å²) in [6, 6.07) is 18.6. The average molecular weight is 820 g/mol. The first kappa shape index (κ1) is 43.8. The summed E-state index contributed by atoms with van der Waals surface area (Å²) >= 11 is 0. The number of hydrogen-bond donors (Lipinski definition) is 2. The number of hydrogen-bond acceptors (Lipinski definition) is 12. The number of sulfonamides is 1. The van der Waals surface area contributed by atoms with Crippen LogP contribution in [-0.2, 0) is 41.0 Å². The number of nitrogens with two attached hydrogens (primary N) is 2. The van der Waals surface area contributed by atoms with Gasteiger partial charge in [-0.3, -0.25) is 0 Å². The Labute approximate surface area is 329 Å². The molecule has 3 aromatic rings. The topological polar surface area (TPSA) is 213 Å². The van der Waals surface area contributed by atoms with E-state index in [2.05, 4.69) is 5.16 Å². The van der Waals surface area contributed by atoms with E-state index in [1.807, 2.05) is 30.3 Å². The van der Waals surface area contributed by atoms with Crippen LogP contribution < -0.4 is 20.4 Å². The van der Waals surface area contributed by atoms with Gasteiger partial charge in [0.25, 0.3) is 0 Å². The van der Waals surface area contributed by atoms with Gasteiger partial charge in [0, 0.05) is 18.1 Å². The molecule has 4 N–H and O–H groups in total. The zero-order valence-corrected chi connectivity index (χ0v) is 34.5. The molecule has 0 saturated carbocycles. The average Bonchev–Trinajstić information content (AvgIpc) is 3.08. The lowest BCUT2D eigenvalue weighted by Gasteiger charge is -2.45. The summed E-state index contributed by atoms with van der Waals surface area (Å²) in [7, 11) is -9.80. The smallest absolute Gasteiger partial charge is 0.493 e. The molecule has 0 radical (unpaired) electrons. The molecule has 0 aliphatic carbocycles. The maximum atomic E-state index is 15.0. The van der Waals surface area contributed by atoms with Crippen molar-refractivity contribution in [3.8, 4) is 11.5 Å². The highest BCUT2D eigenvalue weighted by atomic mass is 32.2. The molecular formula is C38H53N5O11S2+2. The molecule has 3 aromatic carbocycles. The van der Waals surface area contributed by atoms with Crippen molar-refractivity contribution in [2.24, 2.45) is 16.6 Å². The Balaban J connectivity index is 1.72. The van der Waals surface area contributed by atoms with Crippen molar-refractivity contribution < 1.29 is 58.0 Å². The molecule has 1 aliphatic rings. The summed E-state index contributed by atoms with van der Waals surface area (Å²) < 4.78 is 79.4. The molecule has 306 valence electrons. The van der Waals surface area contributed by atoms with E-state index < -0.39 is 70.3 Å². The van der Waals surface area contributed by atoms with Crippen molar-refractivity contribution in [3.05, 3.63) is 83.9 Å². The van der Waals surface area contributed by atoms with Crippen molar-refractivity contribution >= 4 is 38.3 Å². The summed E-state index contributed by atoms with van der Waals surface area (Å²) in [5.74, 6) is -0.0842. The van der Waals surface area contributed by atoms with E-state index in [-0.39, 0.29) is 54.8 Å². The molecule has 56 heavy (non-hydrogen) atoms. The number of aryl methyl sites for hydroxylation is 1. The third-order valence-corrected chi connectivity index (χ3v) is 12.3. The number of rotatable bonds is 13. The monoisotopic (exact) mass is 819 g/mol. The molecule has 1 aliphatic heterocycles. The Morgan fingerprint density at radius 3 is 1.88 bits per heavy atom. The Morgan fingerprint density at radius 2 is 1.29 bits per heavy atom. The van der Waals surface area contributed by atoms with Crippen LogP contribution in [0.1, 0.15) is 59.1 Å². The Morgan fingerprint density at radius 1 is 0.732 bits per heavy atom. The number of quaternary nitrogens is 2. The van der Waals surface area contributed by atoms with Crippen LogP contribution in [0.25, 0.3) is 0 Å². The van der Waals surface area contributed by atoms with Gasteiger partial charge in [-0.05, 0) is 83.5 Å². The lowest BCUT2D eigenvalue weighted by atomic mass is 10.1. The predicted octanol–water partition coefficient (Wildman–Crippen LogP) is 5.14. The van der Waals surface area contributed by atoms with Gasteiger partial charge in [-0.15, -0.1) is 3.89 Å². The van der Waals surface area contributed by atoms with E-state index in [0.29, 0.717) is 12.0 Å². The zero-order chi connectivity index (χ0) is 41.6. The summed E-state index contributed by atoms with van der Waals surface area (Å²) in [5.41, 5.74) is 9.89. The Hall–Kier alpha value is -4.91. The van der Waals surface area contributed by atoms with Crippen LogP contribution in [-0.4, -0.2) is 93.9 Å². The molecule has 0 unspecified atom stereocenters. The fourth-order valence-corrected chi connectivity index (χ4v) is 9.45. The highest BCUT2D eigenvalue weighted by Crippen LogP contribution is 2.37. The molecule has 0 aromatic heterocycles. The molecule has 16 nitrogen and oxygen atoms in total. The maximum absolute atomic E-state index is 15.0. The Bertz CT molecular complexity index is 2120. The number of carbonyl (C=O) groups excluding carboxylic acids is 2. The van der Waals surface area contributed by atoms with Gasteiger partial charge < -0.3 is 34.7 Å². The fraction of sp³-hybridized carbons (Fsp3) is 0.447. The summed E-state index contributed by atoms with van der Waals surface area (Å²) in [6.45, 7) is 11.0. The second-order valence-electron chi connectivity index (χ2n) is 15.5. The van der Waals surface area contributed by atoms with Crippen molar-refractivity contribution in [2.45, 2.75) is 82.4 Å². The lowest BCUT2D eigenvalue weighted by Crippen LogP contribution is -2.72. The van der Waals surface area contributed by atoms with E-state index >= 15 is 8.42 Å². The van der Waals surface area contributed by atoms with Crippen molar-refractivity contribution in [1.29, 1.82) is 0 Å². The molecule has 18 heteroatoms. The molecule has 1 fully saturated rings. The molecule has 1 heterocycles. The first-order valence-electron chi connectivity index (χ1n) is 18.0. The van der Waals surface area contributed by atoms with Gasteiger partial charge in [0.2, 0.25) is 5.96 Å². The van der Waals surface area contributed by atoms with Crippen molar-refractivity contribution in [2.75, 3.05) is 39.4 Å². The van der Waals surface area contributed by atoms with Gasteiger partial charge in [-0.1, -0.05) is 42.5 Å². The first-order chi connectivity index (χ1) is 26.0. The van der Waals surface area contributed by atoms with Gasteiger partial charge in [-0.25, -0.2) is 4.48 Å². The minimum Gasteiger partial charge on any atom is -0.493 e. The normalized spacial score (nSPS) is 19.0. The second kappa shape index (κ2) is 17.1. The molecule has 4 rings (SSSR count). The summed E-state index contributed by atoms with van der Waals surface area (Å²) in [6.07, 6.45) is -1.30.